The van der Waals surface area contributed by atoms with Crippen LogP contribution in [0.3, 0.4) is 0 Å². The van der Waals surface area contributed by atoms with Gasteiger partial charge in [0.25, 0.3) is 6.43 Å². The second-order valence-electron chi connectivity index (χ2n) is 3.70. The summed E-state index contributed by atoms with van der Waals surface area (Å²) in [5.74, 6) is -0.360. The van der Waals surface area contributed by atoms with Gasteiger partial charge in [0.2, 0.25) is 0 Å². The highest BCUT2D eigenvalue weighted by molar-refractivity contribution is 5.27. The Hall–Kier alpha value is -1.07. The van der Waals surface area contributed by atoms with E-state index >= 15 is 0 Å². The highest BCUT2D eigenvalue weighted by atomic mass is 19.3. The van der Waals surface area contributed by atoms with Gasteiger partial charge in [0.05, 0.1) is 6.54 Å². The average Bonchev–Trinajstić information content (AvgIpc) is 2.19. The lowest BCUT2D eigenvalue weighted by atomic mass is 10.1. The Morgan fingerprint density at radius 2 is 2.00 bits per heavy atom. The largest absolute Gasteiger partial charge is 0.326 e. The molecule has 0 bridgehead atoms. The molecule has 0 unspecified atom stereocenters. The summed E-state index contributed by atoms with van der Waals surface area (Å²) in [6, 6.07) is 4.23. The summed E-state index contributed by atoms with van der Waals surface area (Å²) >= 11 is 0. The van der Waals surface area contributed by atoms with Crippen LogP contribution in [0.1, 0.15) is 11.1 Å². The number of halogens is 3. The molecule has 16 heavy (non-hydrogen) atoms. The van der Waals surface area contributed by atoms with Gasteiger partial charge in [0.1, 0.15) is 5.82 Å². The predicted molar refractivity (Wildman–Crippen MR) is 56.6 cm³/mol. The molecule has 0 aliphatic rings. The zero-order valence-electron chi connectivity index (χ0n) is 9.09. The van der Waals surface area contributed by atoms with E-state index in [9.17, 15) is 13.2 Å². The standard InChI is InChI=1S/C11H15F3N2/c1-16(7-11(13)14)6-8-2-3-10(12)4-9(8)5-15/h2-4,11H,5-7,15H2,1H3. The van der Waals surface area contributed by atoms with Crippen molar-refractivity contribution in [3.8, 4) is 0 Å². The summed E-state index contributed by atoms with van der Waals surface area (Å²) in [4.78, 5) is 1.48. The van der Waals surface area contributed by atoms with Gasteiger partial charge in [-0.1, -0.05) is 6.07 Å². The van der Waals surface area contributed by atoms with Gasteiger partial charge in [-0.25, -0.2) is 13.2 Å². The van der Waals surface area contributed by atoms with E-state index in [1.165, 1.54) is 17.0 Å². The SMILES string of the molecule is CN(Cc1ccc(F)cc1CN)CC(F)F. The molecule has 90 valence electrons. The van der Waals surface area contributed by atoms with E-state index < -0.39 is 6.43 Å². The van der Waals surface area contributed by atoms with Crippen LogP contribution in [0, 0.1) is 5.82 Å². The first kappa shape index (κ1) is 13.0. The Morgan fingerprint density at radius 3 is 2.56 bits per heavy atom. The monoisotopic (exact) mass is 232 g/mol. The van der Waals surface area contributed by atoms with Gasteiger partial charge < -0.3 is 5.73 Å². The van der Waals surface area contributed by atoms with Gasteiger partial charge in [0, 0.05) is 13.1 Å². The molecule has 0 radical (unpaired) electrons. The van der Waals surface area contributed by atoms with E-state index in [-0.39, 0.29) is 18.9 Å². The molecule has 0 aliphatic carbocycles. The van der Waals surface area contributed by atoms with Crippen molar-refractivity contribution in [1.82, 2.24) is 4.90 Å². The lowest BCUT2D eigenvalue weighted by molar-refractivity contribution is 0.0974. The number of nitrogens with two attached hydrogens (primary N) is 1. The Labute approximate surface area is 92.9 Å². The van der Waals surface area contributed by atoms with Crippen LogP contribution in [0.2, 0.25) is 0 Å². The highest BCUT2D eigenvalue weighted by Gasteiger charge is 2.10. The third-order valence-electron chi connectivity index (χ3n) is 2.28. The third kappa shape index (κ3) is 3.83. The van der Waals surface area contributed by atoms with Gasteiger partial charge in [-0.3, -0.25) is 4.90 Å². The first-order valence-corrected chi connectivity index (χ1v) is 4.97. The molecule has 0 saturated heterocycles. The van der Waals surface area contributed by atoms with Gasteiger partial charge in [-0.2, -0.15) is 0 Å². The maximum Gasteiger partial charge on any atom is 0.251 e. The van der Waals surface area contributed by atoms with E-state index in [2.05, 4.69) is 0 Å². The van der Waals surface area contributed by atoms with Crippen molar-refractivity contribution < 1.29 is 13.2 Å². The molecule has 0 spiro atoms. The molecule has 0 heterocycles. The predicted octanol–water partition coefficient (Wildman–Crippen LogP) is 1.98. The van der Waals surface area contributed by atoms with Crippen molar-refractivity contribution in [2.75, 3.05) is 13.6 Å². The molecule has 0 atom stereocenters. The average molecular weight is 232 g/mol. The number of hydrogen-bond donors (Lipinski definition) is 1. The molecule has 0 amide bonds. The van der Waals surface area contributed by atoms with Crippen LogP contribution in [0.15, 0.2) is 18.2 Å². The normalized spacial score (nSPS) is 11.4. The second-order valence-corrected chi connectivity index (χ2v) is 3.70. The van der Waals surface area contributed by atoms with Crippen molar-refractivity contribution in [1.29, 1.82) is 0 Å². The summed E-state index contributed by atoms with van der Waals surface area (Å²) in [6.45, 7) is 0.244. The topological polar surface area (TPSA) is 29.3 Å². The molecule has 2 N–H and O–H groups in total. The molecule has 0 saturated carbocycles. The smallest absolute Gasteiger partial charge is 0.251 e. The van der Waals surface area contributed by atoms with Crippen molar-refractivity contribution in [3.63, 3.8) is 0 Å². The van der Waals surface area contributed by atoms with Crippen LogP contribution in [-0.4, -0.2) is 24.9 Å². The third-order valence-corrected chi connectivity index (χ3v) is 2.28. The Balaban J connectivity index is 2.72. The fourth-order valence-corrected chi connectivity index (χ4v) is 1.53. The second kappa shape index (κ2) is 5.86. The van der Waals surface area contributed by atoms with E-state index in [1.54, 1.807) is 13.1 Å². The maximum atomic E-state index is 12.9. The van der Waals surface area contributed by atoms with Gasteiger partial charge in [-0.05, 0) is 30.3 Å². The van der Waals surface area contributed by atoms with E-state index in [4.69, 9.17) is 5.73 Å². The fraction of sp³-hybridized carbons (Fsp3) is 0.455. The minimum absolute atomic E-state index is 0.204. The number of alkyl halides is 2. The molecular formula is C11H15F3N2. The Bertz CT molecular complexity index is 342. The molecule has 2 nitrogen and oxygen atoms in total. The zero-order valence-corrected chi connectivity index (χ0v) is 9.09. The van der Waals surface area contributed by atoms with Crippen molar-refractivity contribution >= 4 is 0 Å². The summed E-state index contributed by atoms with van der Waals surface area (Å²) in [5, 5.41) is 0. The van der Waals surface area contributed by atoms with Crippen LogP contribution in [0.4, 0.5) is 13.2 Å². The van der Waals surface area contributed by atoms with Crippen LogP contribution in [0.25, 0.3) is 0 Å². The molecule has 1 aromatic rings. The molecule has 0 fully saturated rings. The molecular weight excluding hydrogens is 217 g/mol. The fourth-order valence-electron chi connectivity index (χ4n) is 1.53. The first-order chi connectivity index (χ1) is 7.52. The summed E-state index contributed by atoms with van der Waals surface area (Å²) in [5.41, 5.74) is 6.90. The van der Waals surface area contributed by atoms with Crippen molar-refractivity contribution in [3.05, 3.63) is 35.1 Å². The van der Waals surface area contributed by atoms with Crippen LogP contribution < -0.4 is 5.73 Å². The summed E-state index contributed by atoms with van der Waals surface area (Å²) < 4.78 is 37.1. The van der Waals surface area contributed by atoms with Crippen molar-refractivity contribution in [2.24, 2.45) is 5.73 Å². The number of hydrogen-bond acceptors (Lipinski definition) is 2. The van der Waals surface area contributed by atoms with E-state index in [0.29, 0.717) is 12.1 Å². The van der Waals surface area contributed by atoms with Gasteiger partial charge in [0.15, 0.2) is 0 Å². The van der Waals surface area contributed by atoms with Crippen LogP contribution in [-0.2, 0) is 13.1 Å². The Morgan fingerprint density at radius 1 is 1.31 bits per heavy atom. The number of benzene rings is 1. The zero-order chi connectivity index (χ0) is 12.1. The molecule has 1 rings (SSSR count). The first-order valence-electron chi connectivity index (χ1n) is 4.97. The summed E-state index contributed by atoms with van der Waals surface area (Å²) in [6.07, 6.45) is -2.37. The number of nitrogens with zero attached hydrogens (tertiary/aromatic N) is 1. The lowest BCUT2D eigenvalue weighted by Gasteiger charge is -2.18. The minimum Gasteiger partial charge on any atom is -0.326 e. The molecule has 0 aliphatic heterocycles. The molecule has 5 heteroatoms. The van der Waals surface area contributed by atoms with Crippen LogP contribution >= 0.6 is 0 Å². The number of rotatable bonds is 5. The molecule has 0 aromatic heterocycles. The molecule has 1 aromatic carbocycles. The highest BCUT2D eigenvalue weighted by Crippen LogP contribution is 2.13. The van der Waals surface area contributed by atoms with E-state index in [0.717, 1.165) is 5.56 Å². The lowest BCUT2D eigenvalue weighted by Crippen LogP contribution is -2.25. The summed E-state index contributed by atoms with van der Waals surface area (Å²) in [7, 11) is 1.59. The minimum atomic E-state index is -2.37. The van der Waals surface area contributed by atoms with E-state index in [1.807, 2.05) is 0 Å². The van der Waals surface area contributed by atoms with Gasteiger partial charge in [-0.15, -0.1) is 0 Å². The van der Waals surface area contributed by atoms with Gasteiger partial charge >= 0.3 is 0 Å². The van der Waals surface area contributed by atoms with Crippen LogP contribution in [0.5, 0.6) is 0 Å². The van der Waals surface area contributed by atoms with Crippen molar-refractivity contribution in [2.45, 2.75) is 19.5 Å². The maximum absolute atomic E-state index is 12.9. The Kier molecular flexibility index (Phi) is 4.76. The quantitative estimate of drug-likeness (QED) is 0.841.